The van der Waals surface area contributed by atoms with Crippen LogP contribution in [0.15, 0.2) is 12.7 Å². The molecule has 2 heteroatoms. The Labute approximate surface area is 73.6 Å². The zero-order valence-corrected chi connectivity index (χ0v) is 7.64. The summed E-state index contributed by atoms with van der Waals surface area (Å²) in [6.07, 6.45) is 6.11. The lowest BCUT2D eigenvalue weighted by Gasteiger charge is -2.21. The van der Waals surface area contributed by atoms with Crippen LogP contribution in [0.3, 0.4) is 0 Å². The molecule has 0 bridgehead atoms. The van der Waals surface area contributed by atoms with Crippen LogP contribution in [-0.2, 0) is 9.53 Å². The molecule has 0 saturated heterocycles. The van der Waals surface area contributed by atoms with E-state index in [1.165, 1.54) is 31.8 Å². The van der Waals surface area contributed by atoms with E-state index in [2.05, 4.69) is 13.5 Å². The van der Waals surface area contributed by atoms with Crippen LogP contribution in [0.2, 0.25) is 0 Å². The Balaban J connectivity index is 2.30. The van der Waals surface area contributed by atoms with E-state index in [0.717, 1.165) is 0 Å². The van der Waals surface area contributed by atoms with Crippen molar-refractivity contribution in [2.24, 2.45) is 5.41 Å². The van der Waals surface area contributed by atoms with Crippen LogP contribution in [0.25, 0.3) is 0 Å². The largest absolute Gasteiger partial charge is 0.462 e. The molecule has 0 aromatic carbocycles. The molecule has 0 unspecified atom stereocenters. The minimum atomic E-state index is -0.303. The summed E-state index contributed by atoms with van der Waals surface area (Å²) in [6.45, 7) is 6.08. The number of ether oxygens (including phenoxy) is 1. The molecule has 0 aromatic rings. The number of carbonyl (C=O) groups excluding carboxylic acids is 1. The minimum absolute atomic E-state index is 0.235. The third kappa shape index (κ3) is 2.36. The first-order valence-electron chi connectivity index (χ1n) is 4.45. The molecule has 12 heavy (non-hydrogen) atoms. The summed E-state index contributed by atoms with van der Waals surface area (Å²) in [5.41, 5.74) is 0.235. The zero-order valence-electron chi connectivity index (χ0n) is 7.64. The summed E-state index contributed by atoms with van der Waals surface area (Å²) >= 11 is 0. The number of hydrogen-bond donors (Lipinski definition) is 0. The van der Waals surface area contributed by atoms with Gasteiger partial charge < -0.3 is 4.74 Å². The maximum Gasteiger partial charge on any atom is 0.330 e. The van der Waals surface area contributed by atoms with Crippen LogP contribution in [0.4, 0.5) is 0 Å². The fourth-order valence-corrected chi connectivity index (χ4v) is 1.68. The maximum atomic E-state index is 10.8. The van der Waals surface area contributed by atoms with Crippen molar-refractivity contribution in [3.05, 3.63) is 12.7 Å². The number of hydrogen-bond acceptors (Lipinski definition) is 2. The van der Waals surface area contributed by atoms with Gasteiger partial charge in [0.1, 0.15) is 0 Å². The molecule has 1 aliphatic rings. The SMILES string of the molecule is C=CC(=O)OCC1(C)CCCC1. The first-order chi connectivity index (χ1) is 5.66. The monoisotopic (exact) mass is 168 g/mol. The standard InChI is InChI=1S/C10H16O2/c1-3-9(11)12-8-10(2)6-4-5-7-10/h3H,1,4-8H2,2H3. The predicted octanol–water partition coefficient (Wildman–Crippen LogP) is 2.30. The second-order valence-corrected chi connectivity index (χ2v) is 3.83. The average Bonchev–Trinajstić information content (AvgIpc) is 2.49. The van der Waals surface area contributed by atoms with Crippen LogP contribution in [-0.4, -0.2) is 12.6 Å². The number of carbonyl (C=O) groups is 1. The van der Waals surface area contributed by atoms with Crippen LogP contribution < -0.4 is 0 Å². The van der Waals surface area contributed by atoms with Gasteiger partial charge in [0.2, 0.25) is 0 Å². The van der Waals surface area contributed by atoms with E-state index >= 15 is 0 Å². The summed E-state index contributed by atoms with van der Waals surface area (Å²) in [6, 6.07) is 0. The van der Waals surface area contributed by atoms with E-state index < -0.39 is 0 Å². The highest BCUT2D eigenvalue weighted by Gasteiger charge is 2.29. The van der Waals surface area contributed by atoms with Gasteiger partial charge >= 0.3 is 5.97 Å². The van der Waals surface area contributed by atoms with Crippen molar-refractivity contribution in [2.45, 2.75) is 32.6 Å². The Morgan fingerprint density at radius 3 is 2.67 bits per heavy atom. The Kier molecular flexibility index (Phi) is 2.90. The van der Waals surface area contributed by atoms with Gasteiger partial charge in [0.15, 0.2) is 0 Å². The summed E-state index contributed by atoms with van der Waals surface area (Å²) in [7, 11) is 0. The topological polar surface area (TPSA) is 26.3 Å². The predicted molar refractivity (Wildman–Crippen MR) is 47.7 cm³/mol. The fourth-order valence-electron chi connectivity index (χ4n) is 1.68. The summed E-state index contributed by atoms with van der Waals surface area (Å²) in [4.78, 5) is 10.8. The number of rotatable bonds is 3. The molecule has 0 radical (unpaired) electrons. The normalized spacial score (nSPS) is 20.4. The van der Waals surface area contributed by atoms with Gasteiger partial charge in [-0.25, -0.2) is 4.79 Å². The van der Waals surface area contributed by atoms with E-state index in [1.807, 2.05) is 0 Å². The molecule has 1 saturated carbocycles. The lowest BCUT2D eigenvalue weighted by molar-refractivity contribution is -0.140. The van der Waals surface area contributed by atoms with Gasteiger partial charge in [-0.15, -0.1) is 0 Å². The van der Waals surface area contributed by atoms with Gasteiger partial charge in [-0.3, -0.25) is 0 Å². The molecule has 0 spiro atoms. The first kappa shape index (κ1) is 9.30. The third-order valence-corrected chi connectivity index (χ3v) is 2.54. The fraction of sp³-hybridized carbons (Fsp3) is 0.700. The molecule has 0 amide bonds. The molecule has 2 nitrogen and oxygen atoms in total. The van der Waals surface area contributed by atoms with Crippen LogP contribution in [0.1, 0.15) is 32.6 Å². The molecule has 0 heterocycles. The Hall–Kier alpha value is -0.790. The number of esters is 1. The highest BCUT2D eigenvalue weighted by atomic mass is 16.5. The van der Waals surface area contributed by atoms with Gasteiger partial charge in [-0.1, -0.05) is 26.3 Å². The van der Waals surface area contributed by atoms with E-state index in [0.29, 0.717) is 6.61 Å². The lowest BCUT2D eigenvalue weighted by atomic mass is 9.90. The molecule has 1 fully saturated rings. The molecule has 0 aromatic heterocycles. The Morgan fingerprint density at radius 1 is 1.58 bits per heavy atom. The van der Waals surface area contributed by atoms with E-state index in [4.69, 9.17) is 4.74 Å². The summed E-state index contributed by atoms with van der Waals surface area (Å²) in [5, 5.41) is 0. The van der Waals surface area contributed by atoms with E-state index in [1.54, 1.807) is 0 Å². The molecule has 68 valence electrons. The lowest BCUT2D eigenvalue weighted by Crippen LogP contribution is -2.20. The van der Waals surface area contributed by atoms with Gasteiger partial charge in [0.25, 0.3) is 0 Å². The Morgan fingerprint density at radius 2 is 2.17 bits per heavy atom. The second kappa shape index (κ2) is 3.74. The van der Waals surface area contributed by atoms with Crippen LogP contribution >= 0.6 is 0 Å². The van der Waals surface area contributed by atoms with Crippen molar-refractivity contribution in [3.63, 3.8) is 0 Å². The van der Waals surface area contributed by atoms with Gasteiger partial charge in [0.05, 0.1) is 6.61 Å². The highest BCUT2D eigenvalue weighted by molar-refractivity contribution is 5.81. The first-order valence-corrected chi connectivity index (χ1v) is 4.45. The summed E-state index contributed by atoms with van der Waals surface area (Å²) < 4.78 is 5.02. The molecular weight excluding hydrogens is 152 g/mol. The molecular formula is C10H16O2. The van der Waals surface area contributed by atoms with E-state index in [-0.39, 0.29) is 11.4 Å². The van der Waals surface area contributed by atoms with Crippen molar-refractivity contribution in [1.29, 1.82) is 0 Å². The quantitative estimate of drug-likeness (QED) is 0.477. The molecule has 1 aliphatic carbocycles. The average molecular weight is 168 g/mol. The van der Waals surface area contributed by atoms with Crippen molar-refractivity contribution < 1.29 is 9.53 Å². The smallest absolute Gasteiger partial charge is 0.330 e. The molecule has 0 N–H and O–H groups in total. The van der Waals surface area contributed by atoms with Crippen molar-refractivity contribution in [2.75, 3.05) is 6.61 Å². The minimum Gasteiger partial charge on any atom is -0.462 e. The van der Waals surface area contributed by atoms with Crippen molar-refractivity contribution in [3.8, 4) is 0 Å². The molecule has 0 aliphatic heterocycles. The molecule has 0 atom stereocenters. The maximum absolute atomic E-state index is 10.8. The van der Waals surface area contributed by atoms with Crippen molar-refractivity contribution in [1.82, 2.24) is 0 Å². The zero-order chi connectivity index (χ0) is 9.03. The van der Waals surface area contributed by atoms with Crippen LogP contribution in [0, 0.1) is 5.41 Å². The van der Waals surface area contributed by atoms with Gasteiger partial charge in [0, 0.05) is 11.5 Å². The summed E-state index contributed by atoms with van der Waals surface area (Å²) in [5.74, 6) is -0.303. The van der Waals surface area contributed by atoms with Crippen LogP contribution in [0.5, 0.6) is 0 Å². The third-order valence-electron chi connectivity index (χ3n) is 2.54. The molecule has 1 rings (SSSR count). The van der Waals surface area contributed by atoms with Crippen molar-refractivity contribution >= 4 is 5.97 Å². The van der Waals surface area contributed by atoms with Gasteiger partial charge in [-0.05, 0) is 12.8 Å². The van der Waals surface area contributed by atoms with E-state index in [9.17, 15) is 4.79 Å². The van der Waals surface area contributed by atoms with Gasteiger partial charge in [-0.2, -0.15) is 0 Å². The highest BCUT2D eigenvalue weighted by Crippen LogP contribution is 2.37. The Bertz CT molecular complexity index is 178. The second-order valence-electron chi connectivity index (χ2n) is 3.83.